The minimum absolute atomic E-state index is 0.0401. The lowest BCUT2D eigenvalue weighted by atomic mass is 9.49. The molecule has 7 rings (SSSR count). The van der Waals surface area contributed by atoms with E-state index in [2.05, 4.69) is 54.7 Å². The maximum absolute atomic E-state index is 14.0. The predicted molar refractivity (Wildman–Crippen MR) is 264 cm³/mol. The number of hydrogen-bond acceptors (Lipinski definition) is 11. The van der Waals surface area contributed by atoms with Gasteiger partial charge in [0.2, 0.25) is 17.7 Å². The summed E-state index contributed by atoms with van der Waals surface area (Å²) in [6.45, 7) is 15.7. The third-order valence-corrected chi connectivity index (χ3v) is 13.5. The van der Waals surface area contributed by atoms with Gasteiger partial charge in [-0.2, -0.15) is 5.26 Å². The fourth-order valence-electron chi connectivity index (χ4n) is 9.73. The summed E-state index contributed by atoms with van der Waals surface area (Å²) >= 11 is 6.25. The maximum Gasteiger partial charge on any atom is 0.251 e. The van der Waals surface area contributed by atoms with E-state index >= 15 is 0 Å². The summed E-state index contributed by atoms with van der Waals surface area (Å²) in [5.74, 6) is 0.282. The summed E-state index contributed by atoms with van der Waals surface area (Å²) in [5.41, 5.74) is 3.70. The van der Waals surface area contributed by atoms with Gasteiger partial charge in [-0.05, 0) is 65.4 Å². The Hall–Kier alpha value is -6.73. The smallest absolute Gasteiger partial charge is 0.251 e. The largest absolute Gasteiger partial charge is 0.491 e. The van der Waals surface area contributed by atoms with E-state index in [0.717, 1.165) is 27.9 Å². The molecule has 1 aliphatic carbocycles. The first kappa shape index (κ1) is 51.1. The molecule has 70 heavy (non-hydrogen) atoms. The minimum atomic E-state index is -0.996. The zero-order valence-electron chi connectivity index (χ0n) is 40.8. The second-order valence-electron chi connectivity index (χ2n) is 20.2. The van der Waals surface area contributed by atoms with Gasteiger partial charge in [-0.3, -0.25) is 19.2 Å². The Morgan fingerprint density at radius 1 is 0.914 bits per heavy atom. The number of rotatable bonds is 17. The molecule has 1 aromatic heterocycles. The van der Waals surface area contributed by atoms with Crippen LogP contribution in [0.2, 0.25) is 5.02 Å². The third-order valence-electron chi connectivity index (χ3n) is 13.2. The highest BCUT2D eigenvalue weighted by molar-refractivity contribution is 6.31. The van der Waals surface area contributed by atoms with Crippen LogP contribution in [0.4, 0.5) is 0 Å². The molecule has 15 nitrogen and oxygen atoms in total. The lowest BCUT2D eigenvalue weighted by Gasteiger charge is -2.63. The highest BCUT2D eigenvalue weighted by atomic mass is 35.5. The highest BCUT2D eigenvalue weighted by Crippen LogP contribution is 2.55. The summed E-state index contributed by atoms with van der Waals surface area (Å²) < 4.78 is 23.3. The molecule has 3 atom stereocenters. The van der Waals surface area contributed by atoms with Gasteiger partial charge in [-0.1, -0.05) is 109 Å². The van der Waals surface area contributed by atoms with Crippen molar-refractivity contribution in [2.75, 3.05) is 26.4 Å². The Morgan fingerprint density at radius 3 is 2.14 bits per heavy atom. The number of nitrogens with one attached hydrogen (secondary N) is 3. The number of aliphatic hydroxyl groups is 1. The van der Waals surface area contributed by atoms with Gasteiger partial charge >= 0.3 is 0 Å². The molecule has 1 saturated carbocycles. The van der Waals surface area contributed by atoms with Gasteiger partial charge in [0.15, 0.2) is 12.2 Å². The van der Waals surface area contributed by atoms with Crippen LogP contribution in [0.15, 0.2) is 102 Å². The molecule has 0 spiro atoms. The number of ether oxygens (including phenoxy) is 3. The van der Waals surface area contributed by atoms with Crippen LogP contribution in [0.1, 0.15) is 82.1 Å². The first-order chi connectivity index (χ1) is 33.2. The molecule has 0 bridgehead atoms. The molecule has 0 unspecified atom stereocenters. The number of oxazole rings is 1. The summed E-state index contributed by atoms with van der Waals surface area (Å²) in [6.07, 6.45) is 0.349. The summed E-state index contributed by atoms with van der Waals surface area (Å²) in [7, 11) is 0. The average Bonchev–Trinajstić information content (AvgIpc) is 3.95. The van der Waals surface area contributed by atoms with Crippen LogP contribution in [0.25, 0.3) is 22.5 Å². The van der Waals surface area contributed by atoms with Crippen LogP contribution in [0.5, 0.6) is 11.5 Å². The van der Waals surface area contributed by atoms with Crippen molar-refractivity contribution in [3.05, 3.63) is 125 Å². The highest BCUT2D eigenvalue weighted by Gasteiger charge is 2.64. The molecule has 16 heteroatoms. The Morgan fingerprint density at radius 2 is 1.54 bits per heavy atom. The van der Waals surface area contributed by atoms with Gasteiger partial charge in [0.25, 0.3) is 5.91 Å². The molecule has 1 aliphatic heterocycles. The molecule has 1 saturated heterocycles. The lowest BCUT2D eigenvalue weighted by Crippen LogP contribution is -2.74. The van der Waals surface area contributed by atoms with E-state index in [1.807, 2.05) is 88.4 Å². The van der Waals surface area contributed by atoms with Crippen LogP contribution in [0.3, 0.4) is 0 Å². The van der Waals surface area contributed by atoms with Gasteiger partial charge in [0.05, 0.1) is 29.0 Å². The number of hydrogen-bond donors (Lipinski definition) is 4. The monoisotopic (exact) mass is 972 g/mol. The number of aryl methyl sites for hydroxylation is 1. The van der Waals surface area contributed by atoms with Crippen molar-refractivity contribution in [3.63, 3.8) is 0 Å². The van der Waals surface area contributed by atoms with Crippen LogP contribution in [-0.4, -0.2) is 95.3 Å². The first-order valence-electron chi connectivity index (χ1n) is 23.3. The van der Waals surface area contributed by atoms with Gasteiger partial charge in [-0.25, -0.2) is 4.98 Å². The summed E-state index contributed by atoms with van der Waals surface area (Å²) in [6, 6.07) is 27.4. The number of aromatic nitrogens is 1. The maximum atomic E-state index is 14.0. The number of likely N-dealkylation sites (tertiary alicyclic amines) is 1. The predicted octanol–water partition coefficient (Wildman–Crippen LogP) is 7.66. The van der Waals surface area contributed by atoms with E-state index in [9.17, 15) is 29.5 Å². The van der Waals surface area contributed by atoms with Gasteiger partial charge in [0.1, 0.15) is 49.0 Å². The average molecular weight is 974 g/mol. The Bertz CT molecular complexity index is 2710. The molecule has 2 aliphatic rings. The fourth-order valence-corrected chi connectivity index (χ4v) is 9.95. The number of benzene rings is 4. The molecule has 2 heterocycles. The van der Waals surface area contributed by atoms with Crippen molar-refractivity contribution in [1.29, 1.82) is 5.26 Å². The lowest BCUT2D eigenvalue weighted by molar-refractivity contribution is -0.164. The molecule has 368 valence electrons. The van der Waals surface area contributed by atoms with E-state index in [-0.39, 0.29) is 57.4 Å². The number of nitrogens with zero attached hydrogens (tertiary/aromatic N) is 3. The van der Waals surface area contributed by atoms with Gasteiger partial charge in [0, 0.05) is 53.6 Å². The van der Waals surface area contributed by atoms with Crippen molar-refractivity contribution in [3.8, 4) is 40.0 Å². The van der Waals surface area contributed by atoms with Crippen molar-refractivity contribution >= 4 is 35.2 Å². The second kappa shape index (κ2) is 21.1. The molecular weight excluding hydrogens is 912 g/mol. The Labute approximate surface area is 413 Å². The van der Waals surface area contributed by atoms with Crippen molar-refractivity contribution in [2.45, 2.75) is 98.7 Å². The Balaban J connectivity index is 0.839. The third kappa shape index (κ3) is 11.5. The summed E-state index contributed by atoms with van der Waals surface area (Å²) in [4.78, 5) is 59.5. The number of halogens is 1. The number of nitriles is 1. The Kier molecular flexibility index (Phi) is 15.4. The molecule has 5 aromatic rings. The van der Waals surface area contributed by atoms with E-state index in [1.54, 1.807) is 30.3 Å². The van der Waals surface area contributed by atoms with Crippen LogP contribution in [0, 0.1) is 34.5 Å². The number of amides is 4. The number of carbonyl (C=O) groups excluding carboxylic acids is 4. The molecule has 4 N–H and O–H groups in total. The topological polar surface area (TPSA) is 205 Å². The molecule has 4 amide bonds. The molecule has 4 aromatic carbocycles. The number of β-amino-alcohol motifs (C(OH)–C–C–N with tert-alkyl or cyclic N) is 1. The number of aliphatic hydroxyl groups excluding tert-OH is 1. The van der Waals surface area contributed by atoms with E-state index in [1.165, 1.54) is 11.3 Å². The standard InChI is InChI=1S/C54H61ClN6O9/c1-32-45(69-31-58-32)36-11-9-33(10-12-36)28-57-48(65)43-25-39(62)29-61(43)49(66)46(52(2,3)4)59-44(63)30-67-23-24-68-40-20-17-35(18-21-40)34-13-15-37(16-14-34)47(64)60-50-53(5,6)51(54(50,7)8)70-41-22-19-38(27-56)42(55)26-41/h9-22,26,31,39,43,46,50-51,62H,23-25,28-30H2,1-8H3,(H,57,65)(H,59,63)(H,60,64)/t39-,43+,46-,50?,51?/m1/s1. The first-order valence-corrected chi connectivity index (χ1v) is 23.7. The van der Waals surface area contributed by atoms with E-state index < -0.39 is 52.2 Å². The van der Waals surface area contributed by atoms with E-state index in [0.29, 0.717) is 33.4 Å². The minimum Gasteiger partial charge on any atom is -0.491 e. The SMILES string of the molecule is Cc1ncoc1-c1ccc(CNC(=O)[C@@H]2C[C@@H](O)CN2C(=O)[C@@H](NC(=O)COCCOc2ccc(-c3ccc(C(=O)NC4C(C)(C)C(Oc5ccc(C#N)c(Cl)c5)C4(C)C)cc3)cc2)C(C)(C)C)cc1. The molecular formula is C54H61ClN6O9. The zero-order valence-corrected chi connectivity index (χ0v) is 41.6. The van der Waals surface area contributed by atoms with Gasteiger partial charge in [-0.15, -0.1) is 0 Å². The van der Waals surface area contributed by atoms with Crippen molar-refractivity contribution < 1.29 is 42.9 Å². The van der Waals surface area contributed by atoms with Crippen molar-refractivity contribution in [2.24, 2.45) is 16.2 Å². The van der Waals surface area contributed by atoms with Gasteiger partial charge < -0.3 is 44.6 Å². The number of carbonyl (C=O) groups is 4. The second-order valence-corrected chi connectivity index (χ2v) is 20.7. The zero-order chi connectivity index (χ0) is 50.5. The summed E-state index contributed by atoms with van der Waals surface area (Å²) in [5, 5.41) is 29.1. The fraction of sp³-hybridized carbons (Fsp3) is 0.407. The van der Waals surface area contributed by atoms with Crippen LogP contribution < -0.4 is 25.4 Å². The van der Waals surface area contributed by atoms with Crippen molar-refractivity contribution in [1.82, 2.24) is 25.8 Å². The normalized spacial score (nSPS) is 19.5. The quantitative estimate of drug-likeness (QED) is 0.0666. The van der Waals surface area contributed by atoms with E-state index in [4.69, 9.17) is 30.2 Å². The van der Waals surface area contributed by atoms with Crippen LogP contribution in [-0.2, 0) is 25.7 Å². The molecule has 2 fully saturated rings. The van der Waals surface area contributed by atoms with Crippen LogP contribution >= 0.6 is 11.6 Å². The molecule has 0 radical (unpaired) electrons.